The SMILES string of the molecule is CO/C(N)=C/C(=C\N)N/C=C\C(=N)NC(=O)C1(c2ccccc2F)CC1. The number of benzene rings is 1. The standard InChI is InChI=1S/C18H22FN5O2/c1-26-16(22)10-12(11-20)23-9-6-15(21)24-17(25)18(7-8-18)13-4-2-3-5-14(13)19/h2-6,9-11,23H,7-8,20,22H2,1H3,(H2,21,24,25)/b9-6-,12-11+,16-10+. The Labute approximate surface area is 151 Å². The lowest BCUT2D eigenvalue weighted by Crippen LogP contribution is -2.38. The highest BCUT2D eigenvalue weighted by Gasteiger charge is 2.52. The van der Waals surface area contributed by atoms with Gasteiger partial charge in [0, 0.05) is 24.0 Å². The van der Waals surface area contributed by atoms with Crippen molar-refractivity contribution in [1.29, 1.82) is 5.41 Å². The number of carbonyl (C=O) groups excluding carboxylic acids is 1. The molecule has 1 saturated carbocycles. The maximum Gasteiger partial charge on any atom is 0.236 e. The Bertz CT molecular complexity index is 782. The van der Waals surface area contributed by atoms with E-state index < -0.39 is 17.1 Å². The Kier molecular flexibility index (Phi) is 6.00. The van der Waals surface area contributed by atoms with Crippen molar-refractivity contribution in [3.05, 3.63) is 71.8 Å². The molecule has 1 amide bonds. The monoisotopic (exact) mass is 359 g/mol. The van der Waals surface area contributed by atoms with Crippen LogP contribution in [0.1, 0.15) is 18.4 Å². The highest BCUT2D eigenvalue weighted by Crippen LogP contribution is 2.49. The van der Waals surface area contributed by atoms with E-state index in [0.717, 1.165) is 0 Å². The molecule has 1 aliphatic carbocycles. The summed E-state index contributed by atoms with van der Waals surface area (Å²) in [6, 6.07) is 6.21. The number of amidine groups is 1. The molecule has 0 spiro atoms. The summed E-state index contributed by atoms with van der Waals surface area (Å²) in [6.07, 6.45) is 6.60. The third kappa shape index (κ3) is 4.41. The Morgan fingerprint density at radius 1 is 1.38 bits per heavy atom. The molecular weight excluding hydrogens is 337 g/mol. The average molecular weight is 359 g/mol. The lowest BCUT2D eigenvalue weighted by atomic mass is 9.94. The molecule has 7 nitrogen and oxygen atoms in total. The van der Waals surface area contributed by atoms with Crippen LogP contribution in [0.5, 0.6) is 0 Å². The van der Waals surface area contributed by atoms with Crippen LogP contribution in [-0.2, 0) is 14.9 Å². The van der Waals surface area contributed by atoms with Crippen molar-refractivity contribution in [2.45, 2.75) is 18.3 Å². The Morgan fingerprint density at radius 2 is 2.08 bits per heavy atom. The first kappa shape index (κ1) is 19.0. The molecule has 0 unspecified atom stereocenters. The molecule has 0 bridgehead atoms. The smallest absolute Gasteiger partial charge is 0.236 e. The maximum absolute atomic E-state index is 14.0. The molecule has 2 rings (SSSR count). The van der Waals surface area contributed by atoms with Crippen molar-refractivity contribution in [1.82, 2.24) is 10.6 Å². The molecule has 7 N–H and O–H groups in total. The van der Waals surface area contributed by atoms with Gasteiger partial charge in [0.2, 0.25) is 5.91 Å². The van der Waals surface area contributed by atoms with Crippen LogP contribution in [0.2, 0.25) is 0 Å². The third-order valence-corrected chi connectivity index (χ3v) is 4.04. The highest BCUT2D eigenvalue weighted by atomic mass is 19.1. The van der Waals surface area contributed by atoms with E-state index in [2.05, 4.69) is 10.6 Å². The molecule has 8 heteroatoms. The van der Waals surface area contributed by atoms with Crippen LogP contribution < -0.4 is 22.1 Å². The van der Waals surface area contributed by atoms with Crippen molar-refractivity contribution in [2.75, 3.05) is 7.11 Å². The maximum atomic E-state index is 14.0. The fraction of sp³-hybridized carbons (Fsp3) is 0.222. The number of methoxy groups -OCH3 is 1. The Hall–Kier alpha value is -3.29. The van der Waals surface area contributed by atoms with Gasteiger partial charge < -0.3 is 26.8 Å². The van der Waals surface area contributed by atoms with Crippen molar-refractivity contribution < 1.29 is 13.9 Å². The first-order chi connectivity index (χ1) is 12.4. The summed E-state index contributed by atoms with van der Waals surface area (Å²) >= 11 is 0. The zero-order valence-electron chi connectivity index (χ0n) is 14.4. The summed E-state index contributed by atoms with van der Waals surface area (Å²) in [5, 5.41) is 13.1. The Morgan fingerprint density at radius 3 is 2.65 bits per heavy atom. The molecular formula is C18H22FN5O2. The molecule has 0 aromatic heterocycles. The van der Waals surface area contributed by atoms with Crippen LogP contribution in [0.25, 0.3) is 0 Å². The van der Waals surface area contributed by atoms with E-state index in [-0.39, 0.29) is 11.7 Å². The van der Waals surface area contributed by atoms with Crippen LogP contribution in [-0.4, -0.2) is 18.9 Å². The first-order valence-corrected chi connectivity index (χ1v) is 7.94. The van der Waals surface area contributed by atoms with Crippen LogP contribution in [0.15, 0.2) is 60.4 Å². The van der Waals surface area contributed by atoms with Crippen LogP contribution in [0.3, 0.4) is 0 Å². The van der Waals surface area contributed by atoms with Crippen LogP contribution >= 0.6 is 0 Å². The minimum absolute atomic E-state index is 0.134. The van der Waals surface area contributed by atoms with Gasteiger partial charge in [-0.15, -0.1) is 0 Å². The van der Waals surface area contributed by atoms with Crippen molar-refractivity contribution in [2.24, 2.45) is 11.5 Å². The summed E-state index contributed by atoms with van der Waals surface area (Å²) in [5.41, 5.74) is 10.9. The summed E-state index contributed by atoms with van der Waals surface area (Å²) in [5.74, 6) is -0.781. The second-order valence-corrected chi connectivity index (χ2v) is 5.78. The van der Waals surface area contributed by atoms with Crippen molar-refractivity contribution in [3.63, 3.8) is 0 Å². The molecule has 0 aliphatic heterocycles. The van der Waals surface area contributed by atoms with Gasteiger partial charge in [-0.3, -0.25) is 10.2 Å². The van der Waals surface area contributed by atoms with Gasteiger partial charge in [0.05, 0.1) is 18.2 Å². The Balaban J connectivity index is 1.96. The number of ether oxygens (including phenoxy) is 1. The second-order valence-electron chi connectivity index (χ2n) is 5.78. The number of halogens is 1. The van der Waals surface area contributed by atoms with Gasteiger partial charge in [0.25, 0.3) is 0 Å². The zero-order valence-corrected chi connectivity index (χ0v) is 14.4. The molecule has 0 radical (unpaired) electrons. The summed E-state index contributed by atoms with van der Waals surface area (Å²) in [4.78, 5) is 12.5. The zero-order chi connectivity index (χ0) is 19.2. The lowest BCUT2D eigenvalue weighted by molar-refractivity contribution is -0.122. The van der Waals surface area contributed by atoms with E-state index in [1.807, 2.05) is 0 Å². The lowest BCUT2D eigenvalue weighted by Gasteiger charge is -2.16. The average Bonchev–Trinajstić information content (AvgIpc) is 3.42. The number of hydrogen-bond donors (Lipinski definition) is 5. The van der Waals surface area contributed by atoms with E-state index in [0.29, 0.717) is 24.1 Å². The molecule has 0 heterocycles. The molecule has 1 aromatic carbocycles. The number of allylic oxidation sites excluding steroid dienone is 1. The van der Waals surface area contributed by atoms with Crippen LogP contribution in [0, 0.1) is 11.2 Å². The third-order valence-electron chi connectivity index (χ3n) is 4.04. The largest absolute Gasteiger partial charge is 0.483 e. The van der Waals surface area contributed by atoms with Gasteiger partial charge in [-0.1, -0.05) is 18.2 Å². The number of carbonyl (C=O) groups is 1. The van der Waals surface area contributed by atoms with Gasteiger partial charge in [-0.25, -0.2) is 4.39 Å². The highest BCUT2D eigenvalue weighted by molar-refractivity contribution is 6.07. The predicted molar refractivity (Wildman–Crippen MR) is 97.0 cm³/mol. The van der Waals surface area contributed by atoms with Gasteiger partial charge in [0.15, 0.2) is 5.88 Å². The first-order valence-electron chi connectivity index (χ1n) is 7.94. The summed E-state index contributed by atoms with van der Waals surface area (Å²) in [6.45, 7) is 0. The molecule has 1 fully saturated rings. The van der Waals surface area contributed by atoms with Gasteiger partial charge in [-0.05, 0) is 25.0 Å². The summed E-state index contributed by atoms with van der Waals surface area (Å²) in [7, 11) is 1.42. The normalized spacial score (nSPS) is 16.2. The molecule has 0 atom stereocenters. The fourth-order valence-corrected chi connectivity index (χ4v) is 2.45. The number of rotatable bonds is 7. The quantitative estimate of drug-likeness (QED) is 0.217. The number of amides is 1. The minimum Gasteiger partial charge on any atom is -0.483 e. The fourth-order valence-electron chi connectivity index (χ4n) is 2.45. The molecule has 1 aliphatic rings. The van der Waals surface area contributed by atoms with Crippen LogP contribution in [0.4, 0.5) is 4.39 Å². The number of nitrogens with one attached hydrogen (secondary N) is 3. The predicted octanol–water partition coefficient (Wildman–Crippen LogP) is 1.30. The van der Waals surface area contributed by atoms with E-state index in [4.69, 9.17) is 21.6 Å². The van der Waals surface area contributed by atoms with Crippen molar-refractivity contribution >= 4 is 11.7 Å². The van der Waals surface area contributed by atoms with E-state index in [9.17, 15) is 9.18 Å². The van der Waals surface area contributed by atoms with Gasteiger partial charge in [0.1, 0.15) is 11.7 Å². The topological polar surface area (TPSA) is 126 Å². The van der Waals surface area contributed by atoms with Gasteiger partial charge in [-0.2, -0.15) is 0 Å². The number of hydrogen-bond acceptors (Lipinski definition) is 6. The van der Waals surface area contributed by atoms with E-state index in [1.165, 1.54) is 37.7 Å². The molecule has 138 valence electrons. The minimum atomic E-state index is -0.892. The molecule has 26 heavy (non-hydrogen) atoms. The number of nitrogens with two attached hydrogens (primary N) is 2. The second kappa shape index (κ2) is 8.19. The summed E-state index contributed by atoms with van der Waals surface area (Å²) < 4.78 is 18.8. The molecule has 1 aromatic rings. The van der Waals surface area contributed by atoms with Crippen molar-refractivity contribution in [3.8, 4) is 0 Å². The van der Waals surface area contributed by atoms with Gasteiger partial charge >= 0.3 is 0 Å². The molecule has 0 saturated heterocycles. The van der Waals surface area contributed by atoms with E-state index >= 15 is 0 Å². The van der Waals surface area contributed by atoms with E-state index in [1.54, 1.807) is 18.2 Å².